The van der Waals surface area contributed by atoms with Crippen LogP contribution in [0.3, 0.4) is 0 Å². The van der Waals surface area contributed by atoms with Crippen molar-refractivity contribution in [1.82, 2.24) is 0 Å². The molecule has 176 valence electrons. The molecule has 0 spiro atoms. The van der Waals surface area contributed by atoms with Crippen molar-refractivity contribution in [2.75, 3.05) is 25.2 Å². The number of Topliss-reactive ketones (excluding diaryl/α,β-unsaturated/α-hetero) is 2. The van der Waals surface area contributed by atoms with Gasteiger partial charge in [0.15, 0.2) is 0 Å². The topological polar surface area (TPSA) is 72.9 Å². The highest BCUT2D eigenvalue weighted by molar-refractivity contribution is 7.08. The van der Waals surface area contributed by atoms with Gasteiger partial charge in [0.2, 0.25) is 5.78 Å². The number of hydrogen-bond acceptors (Lipinski definition) is 6. The SMILES string of the molecule is COCCOc1ccccc1[C@H]1C(C(=O)C(C)C)C(=O)C(=O)N1c1ccc(-c2ccsc2)cc1. The zero-order valence-electron chi connectivity index (χ0n) is 19.4. The Labute approximate surface area is 203 Å². The van der Waals surface area contributed by atoms with Gasteiger partial charge in [0, 0.05) is 24.3 Å². The molecule has 1 amide bonds. The van der Waals surface area contributed by atoms with Crippen LogP contribution >= 0.6 is 11.3 Å². The van der Waals surface area contributed by atoms with Crippen LogP contribution in [0.25, 0.3) is 11.1 Å². The second-order valence-corrected chi connectivity index (χ2v) is 9.24. The molecule has 1 fully saturated rings. The molecule has 2 heterocycles. The van der Waals surface area contributed by atoms with Gasteiger partial charge in [-0.1, -0.05) is 44.2 Å². The van der Waals surface area contributed by atoms with Crippen LogP contribution in [-0.4, -0.2) is 37.8 Å². The van der Waals surface area contributed by atoms with Crippen LogP contribution in [0.15, 0.2) is 65.4 Å². The first-order valence-electron chi connectivity index (χ1n) is 11.2. The molecule has 0 aliphatic carbocycles. The van der Waals surface area contributed by atoms with E-state index in [4.69, 9.17) is 9.47 Å². The summed E-state index contributed by atoms with van der Waals surface area (Å²) in [5.41, 5.74) is 3.28. The van der Waals surface area contributed by atoms with E-state index in [9.17, 15) is 14.4 Å². The molecule has 0 radical (unpaired) electrons. The Bertz CT molecular complexity index is 1170. The summed E-state index contributed by atoms with van der Waals surface area (Å²) >= 11 is 1.61. The molecule has 2 aromatic carbocycles. The first-order valence-corrected chi connectivity index (χ1v) is 12.1. The van der Waals surface area contributed by atoms with E-state index in [1.54, 1.807) is 38.4 Å². The molecule has 1 saturated heterocycles. The van der Waals surface area contributed by atoms with Crippen molar-refractivity contribution in [3.05, 3.63) is 70.9 Å². The second kappa shape index (κ2) is 10.3. The minimum absolute atomic E-state index is 0.257. The molecule has 6 nitrogen and oxygen atoms in total. The van der Waals surface area contributed by atoms with Crippen LogP contribution in [0.5, 0.6) is 5.75 Å². The highest BCUT2D eigenvalue weighted by atomic mass is 32.1. The van der Waals surface area contributed by atoms with Crippen LogP contribution in [0, 0.1) is 11.8 Å². The predicted molar refractivity (Wildman–Crippen MR) is 132 cm³/mol. The Kier molecular flexibility index (Phi) is 7.24. The lowest BCUT2D eigenvalue weighted by atomic mass is 9.84. The summed E-state index contributed by atoms with van der Waals surface area (Å²) < 4.78 is 11.0. The number of ether oxygens (including phenoxy) is 2. The number of carbonyl (C=O) groups excluding carboxylic acids is 3. The fourth-order valence-corrected chi connectivity index (χ4v) is 4.91. The van der Waals surface area contributed by atoms with E-state index in [1.165, 1.54) is 4.90 Å². The van der Waals surface area contributed by atoms with Crippen LogP contribution < -0.4 is 9.64 Å². The zero-order chi connectivity index (χ0) is 24.2. The number of amides is 1. The number of ketones is 2. The van der Waals surface area contributed by atoms with Gasteiger partial charge in [0.1, 0.15) is 24.1 Å². The van der Waals surface area contributed by atoms with Crippen molar-refractivity contribution in [2.24, 2.45) is 11.8 Å². The van der Waals surface area contributed by atoms with E-state index in [0.29, 0.717) is 30.2 Å². The van der Waals surface area contributed by atoms with Crippen molar-refractivity contribution >= 4 is 34.5 Å². The Morgan fingerprint density at radius 1 is 1.00 bits per heavy atom. The van der Waals surface area contributed by atoms with Crippen LogP contribution in [0.2, 0.25) is 0 Å². The number of para-hydroxylation sites is 1. The Hall–Kier alpha value is -3.29. The number of nitrogens with zero attached hydrogens (tertiary/aromatic N) is 1. The average Bonchev–Trinajstić information content (AvgIpc) is 3.47. The van der Waals surface area contributed by atoms with Crippen molar-refractivity contribution in [2.45, 2.75) is 19.9 Å². The Morgan fingerprint density at radius 3 is 2.38 bits per heavy atom. The summed E-state index contributed by atoms with van der Waals surface area (Å²) in [4.78, 5) is 41.1. The predicted octanol–water partition coefficient (Wildman–Crippen LogP) is 4.94. The van der Waals surface area contributed by atoms with Gasteiger partial charge < -0.3 is 9.47 Å². The molecule has 1 aliphatic rings. The molecule has 0 N–H and O–H groups in total. The maximum Gasteiger partial charge on any atom is 0.295 e. The Balaban J connectivity index is 1.79. The fourth-order valence-electron chi connectivity index (χ4n) is 4.25. The summed E-state index contributed by atoms with van der Waals surface area (Å²) in [6.45, 7) is 4.19. The minimum atomic E-state index is -1.10. The van der Waals surface area contributed by atoms with Crippen LogP contribution in [0.1, 0.15) is 25.5 Å². The van der Waals surface area contributed by atoms with Gasteiger partial charge in [-0.2, -0.15) is 11.3 Å². The normalized spacial score (nSPS) is 18.1. The number of carbonyl (C=O) groups is 3. The quantitative estimate of drug-likeness (QED) is 0.248. The van der Waals surface area contributed by atoms with E-state index in [-0.39, 0.29) is 5.78 Å². The largest absolute Gasteiger partial charge is 0.491 e. The van der Waals surface area contributed by atoms with Crippen LogP contribution in [-0.2, 0) is 19.1 Å². The monoisotopic (exact) mass is 477 g/mol. The summed E-state index contributed by atoms with van der Waals surface area (Å²) in [5, 5.41) is 4.05. The average molecular weight is 478 g/mol. The number of rotatable bonds is 9. The van der Waals surface area contributed by atoms with Crippen molar-refractivity contribution in [1.29, 1.82) is 0 Å². The number of anilines is 1. The molecule has 0 saturated carbocycles. The second-order valence-electron chi connectivity index (χ2n) is 8.46. The van der Waals surface area contributed by atoms with Crippen molar-refractivity contribution in [3.8, 4) is 16.9 Å². The van der Waals surface area contributed by atoms with Gasteiger partial charge in [0.05, 0.1) is 12.6 Å². The lowest BCUT2D eigenvalue weighted by Crippen LogP contribution is -2.32. The lowest BCUT2D eigenvalue weighted by molar-refractivity contribution is -0.139. The summed E-state index contributed by atoms with van der Waals surface area (Å²) in [7, 11) is 1.59. The third-order valence-corrected chi connectivity index (χ3v) is 6.65. The zero-order valence-corrected chi connectivity index (χ0v) is 20.2. The molecule has 2 atom stereocenters. The fraction of sp³-hybridized carbons (Fsp3) is 0.296. The van der Waals surface area contributed by atoms with Gasteiger partial charge >= 0.3 is 0 Å². The highest BCUT2D eigenvalue weighted by Crippen LogP contribution is 2.44. The van der Waals surface area contributed by atoms with Crippen molar-refractivity contribution in [3.63, 3.8) is 0 Å². The molecule has 0 bridgehead atoms. The highest BCUT2D eigenvalue weighted by Gasteiger charge is 2.53. The van der Waals surface area contributed by atoms with Gasteiger partial charge in [-0.15, -0.1) is 0 Å². The molecule has 7 heteroatoms. The summed E-state index contributed by atoms with van der Waals surface area (Å²) in [6, 6.07) is 16.0. The molecule has 4 rings (SSSR count). The lowest BCUT2D eigenvalue weighted by Gasteiger charge is -2.29. The number of thiophene rings is 1. The minimum Gasteiger partial charge on any atom is -0.491 e. The molecule has 34 heavy (non-hydrogen) atoms. The molecule has 1 unspecified atom stereocenters. The van der Waals surface area contributed by atoms with E-state index >= 15 is 0 Å². The maximum atomic E-state index is 13.3. The third-order valence-electron chi connectivity index (χ3n) is 5.96. The van der Waals surface area contributed by atoms with Gasteiger partial charge in [-0.05, 0) is 46.2 Å². The van der Waals surface area contributed by atoms with Gasteiger partial charge in [0.25, 0.3) is 5.91 Å². The molecule has 1 aliphatic heterocycles. The van der Waals surface area contributed by atoms with E-state index in [1.807, 2.05) is 59.3 Å². The third kappa shape index (κ3) is 4.54. The molecule has 3 aromatic rings. The smallest absolute Gasteiger partial charge is 0.295 e. The van der Waals surface area contributed by atoms with E-state index in [0.717, 1.165) is 11.1 Å². The van der Waals surface area contributed by atoms with Gasteiger partial charge in [-0.25, -0.2) is 0 Å². The summed E-state index contributed by atoms with van der Waals surface area (Å²) in [6.07, 6.45) is 0. The number of methoxy groups -OCH3 is 1. The van der Waals surface area contributed by atoms with E-state index < -0.39 is 29.6 Å². The molecular formula is C27H27NO5S. The first kappa shape index (κ1) is 23.9. The van der Waals surface area contributed by atoms with E-state index in [2.05, 4.69) is 0 Å². The van der Waals surface area contributed by atoms with Crippen LogP contribution in [0.4, 0.5) is 5.69 Å². The van der Waals surface area contributed by atoms with Gasteiger partial charge in [-0.3, -0.25) is 19.3 Å². The number of hydrogen-bond donors (Lipinski definition) is 0. The summed E-state index contributed by atoms with van der Waals surface area (Å²) in [5.74, 6) is -2.60. The number of benzene rings is 2. The first-order chi connectivity index (χ1) is 16.4. The molecule has 1 aromatic heterocycles. The van der Waals surface area contributed by atoms with Crippen molar-refractivity contribution < 1.29 is 23.9 Å². The maximum absolute atomic E-state index is 13.3. The molecular weight excluding hydrogens is 450 g/mol. The Morgan fingerprint density at radius 2 is 1.74 bits per heavy atom. The standard InChI is InChI=1S/C27H27NO5S/c1-17(2)25(29)23-24(21-6-4-5-7-22(21)33-14-13-32-3)28(27(31)26(23)30)20-10-8-18(9-11-20)19-12-15-34-16-19/h4-12,15-17,23-24H,13-14H2,1-3H3/t23?,24-/m0/s1.